The molecule has 0 radical (unpaired) electrons. The highest BCUT2D eigenvalue weighted by atomic mass is 14.4. The Balaban J connectivity index is 2.54. The summed E-state index contributed by atoms with van der Waals surface area (Å²) in [6.07, 6.45) is 1.45. The summed E-state index contributed by atoms with van der Waals surface area (Å²) >= 11 is 0. The first-order valence-corrected chi connectivity index (χ1v) is 4.13. The molecule has 1 aliphatic carbocycles. The molecule has 0 aromatic carbocycles. The van der Waals surface area contributed by atoms with Crippen LogP contribution in [0.15, 0.2) is 0 Å². The fraction of sp³-hybridized carbons (Fsp3) is 1.00. The lowest BCUT2D eigenvalue weighted by Gasteiger charge is -2.14. The second kappa shape index (κ2) is 2.32. The molecule has 0 saturated heterocycles. The number of rotatable bonds is 0. The van der Waals surface area contributed by atoms with E-state index in [0.29, 0.717) is 0 Å². The van der Waals surface area contributed by atoms with Gasteiger partial charge in [0.1, 0.15) is 0 Å². The van der Waals surface area contributed by atoms with E-state index >= 15 is 0 Å². The van der Waals surface area contributed by atoms with Gasteiger partial charge in [-0.1, -0.05) is 27.7 Å². The highest BCUT2D eigenvalue weighted by Crippen LogP contribution is 2.40. The molecule has 1 aliphatic rings. The Morgan fingerprint density at radius 1 is 0.778 bits per heavy atom. The van der Waals surface area contributed by atoms with Crippen LogP contribution in [0.3, 0.4) is 0 Å². The van der Waals surface area contributed by atoms with Gasteiger partial charge in [0, 0.05) is 0 Å². The van der Waals surface area contributed by atoms with E-state index < -0.39 is 0 Å². The smallest absolute Gasteiger partial charge is 0.0389 e. The second-order valence-electron chi connectivity index (χ2n) is 3.91. The van der Waals surface area contributed by atoms with Crippen molar-refractivity contribution in [2.24, 2.45) is 23.7 Å². The van der Waals surface area contributed by atoms with Crippen molar-refractivity contribution >= 4 is 0 Å². The molecule has 0 aromatic heterocycles. The van der Waals surface area contributed by atoms with E-state index in [0.717, 1.165) is 23.7 Å². The molecule has 1 fully saturated rings. The lowest BCUT2D eigenvalue weighted by molar-refractivity contribution is 0.352. The first-order chi connectivity index (χ1) is 4.13. The van der Waals surface area contributed by atoms with Crippen LogP contribution in [-0.2, 0) is 0 Å². The van der Waals surface area contributed by atoms with E-state index in [1.165, 1.54) is 6.42 Å². The average Bonchev–Trinajstić information content (AvgIpc) is 1.98. The van der Waals surface area contributed by atoms with E-state index in [1.807, 2.05) is 0 Å². The summed E-state index contributed by atoms with van der Waals surface area (Å²) < 4.78 is 0. The number of hydrogen-bond acceptors (Lipinski definition) is 0. The summed E-state index contributed by atoms with van der Waals surface area (Å²) in [6.45, 7) is 9.53. The van der Waals surface area contributed by atoms with Gasteiger partial charge in [-0.3, -0.25) is 0 Å². The zero-order chi connectivity index (χ0) is 7.02. The van der Waals surface area contributed by atoms with E-state index in [2.05, 4.69) is 27.7 Å². The first kappa shape index (κ1) is 7.11. The molecule has 9 heavy (non-hydrogen) atoms. The maximum atomic E-state index is 2.39. The van der Waals surface area contributed by atoms with Gasteiger partial charge in [0.2, 0.25) is 0 Å². The van der Waals surface area contributed by atoms with Crippen molar-refractivity contribution in [1.29, 1.82) is 0 Å². The van der Waals surface area contributed by atoms with Crippen LogP contribution in [0.5, 0.6) is 0 Å². The molecule has 0 aromatic rings. The van der Waals surface area contributed by atoms with Crippen LogP contribution in [-0.4, -0.2) is 0 Å². The van der Waals surface area contributed by atoms with Gasteiger partial charge >= 0.3 is 0 Å². The lowest BCUT2D eigenvalue weighted by Crippen LogP contribution is -2.07. The Kier molecular flexibility index (Phi) is 1.83. The van der Waals surface area contributed by atoms with Crippen LogP contribution >= 0.6 is 0 Å². The summed E-state index contributed by atoms with van der Waals surface area (Å²) in [4.78, 5) is 0. The fourth-order valence-electron chi connectivity index (χ4n) is 2.05. The van der Waals surface area contributed by atoms with E-state index in [-0.39, 0.29) is 0 Å². The molecular formula is C9H18. The molecule has 2 unspecified atom stereocenters. The third kappa shape index (κ3) is 1.12. The topological polar surface area (TPSA) is 0 Å². The highest BCUT2D eigenvalue weighted by Gasteiger charge is 2.31. The zero-order valence-corrected chi connectivity index (χ0v) is 7.02. The van der Waals surface area contributed by atoms with Crippen molar-refractivity contribution in [2.75, 3.05) is 0 Å². The van der Waals surface area contributed by atoms with Gasteiger partial charge in [0.05, 0.1) is 0 Å². The molecule has 0 nitrogen and oxygen atoms in total. The molecule has 0 heteroatoms. The predicted molar refractivity (Wildman–Crippen MR) is 41.3 cm³/mol. The third-order valence-electron chi connectivity index (χ3n) is 3.37. The third-order valence-corrected chi connectivity index (χ3v) is 3.37. The van der Waals surface area contributed by atoms with E-state index in [9.17, 15) is 0 Å². The SMILES string of the molecule is CC1C[C@@H](C)[C@@H](C)C1C. The van der Waals surface area contributed by atoms with Crippen LogP contribution < -0.4 is 0 Å². The minimum atomic E-state index is 0.958. The van der Waals surface area contributed by atoms with Crippen molar-refractivity contribution < 1.29 is 0 Å². The molecule has 0 amide bonds. The van der Waals surface area contributed by atoms with Gasteiger partial charge in [0.25, 0.3) is 0 Å². The molecular weight excluding hydrogens is 108 g/mol. The van der Waals surface area contributed by atoms with E-state index in [1.54, 1.807) is 0 Å². The standard InChI is InChI=1S/C9H18/c1-6-5-7(2)9(4)8(6)3/h6-9H,5H2,1-4H3/t6-,7?,8-,9?/m1/s1. The maximum absolute atomic E-state index is 2.39. The van der Waals surface area contributed by atoms with Crippen molar-refractivity contribution in [2.45, 2.75) is 34.1 Å². The molecule has 0 bridgehead atoms. The molecule has 0 heterocycles. The fourth-order valence-corrected chi connectivity index (χ4v) is 2.05. The molecule has 0 spiro atoms. The van der Waals surface area contributed by atoms with Gasteiger partial charge in [-0.25, -0.2) is 0 Å². The van der Waals surface area contributed by atoms with Crippen molar-refractivity contribution in [3.05, 3.63) is 0 Å². The van der Waals surface area contributed by atoms with Crippen LogP contribution in [0.1, 0.15) is 34.1 Å². The molecule has 4 atom stereocenters. The summed E-state index contributed by atoms with van der Waals surface area (Å²) in [7, 11) is 0. The minimum Gasteiger partial charge on any atom is -0.0622 e. The zero-order valence-electron chi connectivity index (χ0n) is 7.02. The Morgan fingerprint density at radius 2 is 1.11 bits per heavy atom. The van der Waals surface area contributed by atoms with Gasteiger partial charge < -0.3 is 0 Å². The van der Waals surface area contributed by atoms with Gasteiger partial charge in [0.15, 0.2) is 0 Å². The van der Waals surface area contributed by atoms with Crippen molar-refractivity contribution in [3.8, 4) is 0 Å². The second-order valence-corrected chi connectivity index (χ2v) is 3.91. The van der Waals surface area contributed by atoms with Crippen molar-refractivity contribution in [1.82, 2.24) is 0 Å². The molecule has 1 saturated carbocycles. The summed E-state index contributed by atoms with van der Waals surface area (Å²) in [6, 6.07) is 0. The minimum absolute atomic E-state index is 0.958. The lowest BCUT2D eigenvalue weighted by atomic mass is 9.92. The normalized spacial score (nSPS) is 52.0. The molecule has 0 aliphatic heterocycles. The summed E-state index contributed by atoms with van der Waals surface area (Å²) in [5.74, 6) is 3.85. The predicted octanol–water partition coefficient (Wildman–Crippen LogP) is 2.93. The first-order valence-electron chi connectivity index (χ1n) is 4.13. The van der Waals surface area contributed by atoms with Crippen LogP contribution in [0, 0.1) is 23.7 Å². The van der Waals surface area contributed by atoms with Crippen LogP contribution in [0.25, 0.3) is 0 Å². The molecule has 1 rings (SSSR count). The van der Waals surface area contributed by atoms with Gasteiger partial charge in [-0.05, 0) is 30.1 Å². The van der Waals surface area contributed by atoms with E-state index in [4.69, 9.17) is 0 Å². The quantitative estimate of drug-likeness (QED) is 0.468. The maximum Gasteiger partial charge on any atom is -0.0389 e. The van der Waals surface area contributed by atoms with Crippen LogP contribution in [0.2, 0.25) is 0 Å². The largest absolute Gasteiger partial charge is 0.0622 e. The summed E-state index contributed by atoms with van der Waals surface area (Å²) in [5.41, 5.74) is 0. The summed E-state index contributed by atoms with van der Waals surface area (Å²) in [5, 5.41) is 0. The molecule has 0 N–H and O–H groups in total. The Labute approximate surface area is 58.7 Å². The monoisotopic (exact) mass is 126 g/mol. The number of hydrogen-bond donors (Lipinski definition) is 0. The Hall–Kier alpha value is 0. The highest BCUT2D eigenvalue weighted by molar-refractivity contribution is 4.81. The van der Waals surface area contributed by atoms with Gasteiger partial charge in [-0.15, -0.1) is 0 Å². The Morgan fingerprint density at radius 3 is 1.22 bits per heavy atom. The van der Waals surface area contributed by atoms with Crippen LogP contribution in [0.4, 0.5) is 0 Å². The van der Waals surface area contributed by atoms with Gasteiger partial charge in [-0.2, -0.15) is 0 Å². The Bertz CT molecular complexity index is 84.2. The van der Waals surface area contributed by atoms with Crippen molar-refractivity contribution in [3.63, 3.8) is 0 Å². The molecule has 54 valence electrons. The average molecular weight is 126 g/mol.